The predicted molar refractivity (Wildman–Crippen MR) is 62.7 cm³/mol. The van der Waals surface area contributed by atoms with E-state index in [1.807, 2.05) is 0 Å². The molecule has 1 saturated heterocycles. The average Bonchev–Trinajstić information content (AvgIpc) is 2.06. The molecule has 0 radical (unpaired) electrons. The van der Waals surface area contributed by atoms with Crippen molar-refractivity contribution in [1.29, 1.82) is 0 Å². The molecule has 1 rings (SSSR count). The number of carbonyl (C=O) groups is 2. The summed E-state index contributed by atoms with van der Waals surface area (Å²) in [6, 6.07) is 0. The molecule has 0 unspecified atom stereocenters. The fraction of sp³-hybridized carbons (Fsp3) is 0.667. The second kappa shape index (κ2) is 4.39. The molecular weight excluding hydrogens is 222 g/mol. The first-order chi connectivity index (χ1) is 7.67. The van der Waals surface area contributed by atoms with Crippen LogP contribution in [0.5, 0.6) is 0 Å². The van der Waals surface area contributed by atoms with E-state index in [1.165, 1.54) is 4.90 Å². The fourth-order valence-electron chi connectivity index (χ4n) is 1.78. The molecule has 1 amide bonds. The molecule has 0 bridgehead atoms. The zero-order valence-electron chi connectivity index (χ0n) is 10.5. The number of aliphatic carboxylic acids is 1. The van der Waals surface area contributed by atoms with Crippen molar-refractivity contribution < 1.29 is 19.4 Å². The maximum atomic E-state index is 11.7. The Hall–Kier alpha value is -1.52. The molecule has 0 aliphatic carbocycles. The highest BCUT2D eigenvalue weighted by Crippen LogP contribution is 2.35. The molecule has 0 aromatic rings. The van der Waals surface area contributed by atoms with Crippen LogP contribution in [0.25, 0.3) is 0 Å². The molecular formula is C12H19NO4. The maximum Gasteiger partial charge on any atom is 0.410 e. The summed E-state index contributed by atoms with van der Waals surface area (Å²) >= 11 is 0. The third-order valence-corrected chi connectivity index (χ3v) is 2.60. The van der Waals surface area contributed by atoms with Gasteiger partial charge >= 0.3 is 12.1 Å². The van der Waals surface area contributed by atoms with Gasteiger partial charge in [0.1, 0.15) is 5.60 Å². The first kappa shape index (κ1) is 13.5. The molecule has 96 valence electrons. The highest BCUT2D eigenvalue weighted by Gasteiger charge is 2.45. The molecule has 1 fully saturated rings. The van der Waals surface area contributed by atoms with Crippen molar-refractivity contribution in [2.75, 3.05) is 13.1 Å². The average molecular weight is 241 g/mol. The number of ether oxygens (including phenoxy) is 1. The standard InChI is InChI=1S/C12H19NO4/c1-5-12(6-9(14)15)7-13(8-12)10(16)17-11(2,3)4/h5H,1,6-8H2,2-4H3,(H,14,15). The number of nitrogens with zero attached hydrogens (tertiary/aromatic N) is 1. The number of carboxylic acids is 1. The third-order valence-electron chi connectivity index (χ3n) is 2.60. The van der Waals surface area contributed by atoms with Crippen LogP contribution in [-0.2, 0) is 9.53 Å². The monoisotopic (exact) mass is 241 g/mol. The van der Waals surface area contributed by atoms with E-state index in [2.05, 4.69) is 6.58 Å². The van der Waals surface area contributed by atoms with Crippen LogP contribution in [-0.4, -0.2) is 40.8 Å². The molecule has 0 aromatic heterocycles. The van der Waals surface area contributed by atoms with Gasteiger partial charge in [-0.05, 0) is 20.8 Å². The summed E-state index contributed by atoms with van der Waals surface area (Å²) in [5.41, 5.74) is -1.03. The largest absolute Gasteiger partial charge is 0.481 e. The summed E-state index contributed by atoms with van der Waals surface area (Å²) < 4.78 is 5.19. The molecule has 5 nitrogen and oxygen atoms in total. The van der Waals surface area contributed by atoms with Crippen molar-refractivity contribution in [3.8, 4) is 0 Å². The summed E-state index contributed by atoms with van der Waals surface area (Å²) in [6.45, 7) is 9.73. The molecule has 1 aliphatic rings. The lowest BCUT2D eigenvalue weighted by atomic mass is 9.77. The van der Waals surface area contributed by atoms with Gasteiger partial charge in [0, 0.05) is 18.5 Å². The van der Waals surface area contributed by atoms with Gasteiger partial charge in [-0.3, -0.25) is 4.79 Å². The molecule has 5 heteroatoms. The number of carboxylic acid groups (broad SMARTS) is 1. The third kappa shape index (κ3) is 3.47. The normalized spacial score (nSPS) is 18.2. The van der Waals surface area contributed by atoms with Gasteiger partial charge < -0.3 is 14.7 Å². The highest BCUT2D eigenvalue weighted by atomic mass is 16.6. The molecule has 1 aliphatic heterocycles. The Balaban J connectivity index is 2.52. The van der Waals surface area contributed by atoms with E-state index in [0.29, 0.717) is 13.1 Å². The Labute approximate surface area is 101 Å². The summed E-state index contributed by atoms with van der Waals surface area (Å²) in [5.74, 6) is -0.881. The van der Waals surface area contributed by atoms with Crippen molar-refractivity contribution in [3.05, 3.63) is 12.7 Å². The van der Waals surface area contributed by atoms with Crippen LogP contribution >= 0.6 is 0 Å². The number of hydrogen-bond donors (Lipinski definition) is 1. The van der Waals surface area contributed by atoms with Crippen LogP contribution in [0.1, 0.15) is 27.2 Å². The number of carbonyl (C=O) groups excluding carboxylic acids is 1. The van der Waals surface area contributed by atoms with E-state index in [0.717, 1.165) is 0 Å². The second-order valence-corrected chi connectivity index (χ2v) is 5.47. The molecule has 1 N–H and O–H groups in total. The van der Waals surface area contributed by atoms with Gasteiger partial charge in [0.2, 0.25) is 0 Å². The zero-order valence-corrected chi connectivity index (χ0v) is 10.5. The number of likely N-dealkylation sites (tertiary alicyclic amines) is 1. The van der Waals surface area contributed by atoms with Gasteiger partial charge in [0.25, 0.3) is 0 Å². The van der Waals surface area contributed by atoms with Gasteiger partial charge in [-0.15, -0.1) is 6.58 Å². The lowest BCUT2D eigenvalue weighted by molar-refractivity contribution is -0.141. The maximum absolute atomic E-state index is 11.7. The molecule has 1 heterocycles. The van der Waals surface area contributed by atoms with Crippen LogP contribution < -0.4 is 0 Å². The summed E-state index contributed by atoms with van der Waals surface area (Å²) in [7, 11) is 0. The van der Waals surface area contributed by atoms with E-state index < -0.39 is 23.1 Å². The van der Waals surface area contributed by atoms with E-state index in [4.69, 9.17) is 9.84 Å². The van der Waals surface area contributed by atoms with Gasteiger partial charge in [-0.25, -0.2) is 4.79 Å². The van der Waals surface area contributed by atoms with Gasteiger partial charge in [-0.1, -0.05) is 6.08 Å². The molecule has 0 spiro atoms. The highest BCUT2D eigenvalue weighted by molar-refractivity contribution is 5.72. The van der Waals surface area contributed by atoms with Crippen LogP contribution in [0.4, 0.5) is 4.79 Å². The van der Waals surface area contributed by atoms with E-state index in [9.17, 15) is 9.59 Å². The minimum atomic E-state index is -0.881. The molecule has 0 aromatic carbocycles. The molecule has 0 atom stereocenters. The number of hydrogen-bond acceptors (Lipinski definition) is 3. The van der Waals surface area contributed by atoms with Crippen molar-refractivity contribution in [2.24, 2.45) is 5.41 Å². The van der Waals surface area contributed by atoms with Gasteiger partial charge in [0.05, 0.1) is 6.42 Å². The lowest BCUT2D eigenvalue weighted by Crippen LogP contribution is -2.59. The first-order valence-corrected chi connectivity index (χ1v) is 5.51. The van der Waals surface area contributed by atoms with E-state index >= 15 is 0 Å². The lowest BCUT2D eigenvalue weighted by Gasteiger charge is -2.47. The Bertz CT molecular complexity index is 337. The zero-order chi connectivity index (χ0) is 13.3. The topological polar surface area (TPSA) is 66.8 Å². The van der Waals surface area contributed by atoms with Gasteiger partial charge in [-0.2, -0.15) is 0 Å². The Morgan fingerprint density at radius 3 is 2.35 bits per heavy atom. The number of amides is 1. The Kier molecular flexibility index (Phi) is 3.50. The quantitative estimate of drug-likeness (QED) is 0.766. The molecule has 17 heavy (non-hydrogen) atoms. The SMILES string of the molecule is C=CC1(CC(=O)O)CN(C(=O)OC(C)(C)C)C1. The van der Waals surface area contributed by atoms with Gasteiger partial charge in [0.15, 0.2) is 0 Å². The fourth-order valence-corrected chi connectivity index (χ4v) is 1.78. The van der Waals surface area contributed by atoms with Crippen molar-refractivity contribution in [1.82, 2.24) is 4.90 Å². The summed E-state index contributed by atoms with van der Waals surface area (Å²) in [4.78, 5) is 23.8. The van der Waals surface area contributed by atoms with Crippen molar-refractivity contribution in [3.63, 3.8) is 0 Å². The Morgan fingerprint density at radius 2 is 2.00 bits per heavy atom. The van der Waals surface area contributed by atoms with Crippen molar-refractivity contribution >= 4 is 12.1 Å². The minimum Gasteiger partial charge on any atom is -0.481 e. The first-order valence-electron chi connectivity index (χ1n) is 5.51. The van der Waals surface area contributed by atoms with Crippen LogP contribution in [0.15, 0.2) is 12.7 Å². The Morgan fingerprint density at radius 1 is 1.47 bits per heavy atom. The predicted octanol–water partition coefficient (Wildman–Crippen LogP) is 1.88. The van der Waals surface area contributed by atoms with Crippen molar-refractivity contribution in [2.45, 2.75) is 32.8 Å². The van der Waals surface area contributed by atoms with E-state index in [1.54, 1.807) is 26.8 Å². The van der Waals surface area contributed by atoms with Crippen LogP contribution in [0.3, 0.4) is 0 Å². The summed E-state index contributed by atoms with van der Waals surface area (Å²) in [6.07, 6.45) is 1.21. The summed E-state index contributed by atoms with van der Waals surface area (Å²) in [5, 5.41) is 8.77. The van der Waals surface area contributed by atoms with Crippen LogP contribution in [0, 0.1) is 5.41 Å². The molecule has 0 saturated carbocycles. The second-order valence-electron chi connectivity index (χ2n) is 5.47. The minimum absolute atomic E-state index is 0.00417. The van der Waals surface area contributed by atoms with E-state index in [-0.39, 0.29) is 6.42 Å². The number of rotatable bonds is 3. The van der Waals surface area contributed by atoms with Crippen LogP contribution in [0.2, 0.25) is 0 Å². The smallest absolute Gasteiger partial charge is 0.410 e.